The lowest BCUT2D eigenvalue weighted by Crippen LogP contribution is -2.18. The first-order valence-corrected chi connectivity index (χ1v) is 7.63. The number of hydrogen-bond acceptors (Lipinski definition) is 4. The lowest BCUT2D eigenvalue weighted by Gasteiger charge is -2.09. The van der Waals surface area contributed by atoms with Crippen molar-refractivity contribution in [3.63, 3.8) is 0 Å². The maximum Gasteiger partial charge on any atom is 0.304 e. The smallest absolute Gasteiger partial charge is 0.304 e. The van der Waals surface area contributed by atoms with Crippen molar-refractivity contribution < 1.29 is 18.3 Å². The maximum atomic E-state index is 11.5. The van der Waals surface area contributed by atoms with Crippen LogP contribution in [-0.2, 0) is 14.8 Å². The first kappa shape index (κ1) is 15.0. The molecule has 1 aromatic rings. The number of benzene rings is 1. The van der Waals surface area contributed by atoms with E-state index in [4.69, 9.17) is 5.11 Å². The highest BCUT2D eigenvalue weighted by Crippen LogP contribution is 2.26. The molecule has 0 heterocycles. The molecule has 0 aliphatic rings. The fourth-order valence-electron chi connectivity index (χ4n) is 1.34. The van der Waals surface area contributed by atoms with Gasteiger partial charge in [0.1, 0.15) is 0 Å². The van der Waals surface area contributed by atoms with Crippen LogP contribution in [-0.4, -0.2) is 31.8 Å². The van der Waals surface area contributed by atoms with Crippen LogP contribution in [0.15, 0.2) is 34.1 Å². The average molecular weight is 289 g/mol. The van der Waals surface area contributed by atoms with Gasteiger partial charge < -0.3 is 5.11 Å². The molecule has 0 spiro atoms. The Labute approximate surface area is 111 Å². The standard InChI is InChI=1S/C11H15NO4S2/c1-8(7-11(13)14)17-9-3-5-10(6-4-9)18(15,16)12-2/h3-6,8,12H,7H2,1-2H3,(H,13,14). The van der Waals surface area contributed by atoms with Crippen LogP contribution in [0.2, 0.25) is 0 Å². The largest absolute Gasteiger partial charge is 0.481 e. The molecule has 5 nitrogen and oxygen atoms in total. The topological polar surface area (TPSA) is 83.5 Å². The quantitative estimate of drug-likeness (QED) is 0.776. The molecule has 100 valence electrons. The molecule has 0 saturated heterocycles. The Morgan fingerprint density at radius 1 is 1.39 bits per heavy atom. The minimum Gasteiger partial charge on any atom is -0.481 e. The molecule has 0 radical (unpaired) electrons. The number of rotatable bonds is 6. The molecule has 0 amide bonds. The number of hydrogen-bond donors (Lipinski definition) is 2. The Kier molecular flexibility index (Phi) is 5.18. The molecule has 7 heteroatoms. The second kappa shape index (κ2) is 6.21. The first-order chi connectivity index (χ1) is 8.35. The number of aliphatic carboxylic acids is 1. The normalized spacial score (nSPS) is 13.2. The highest BCUT2D eigenvalue weighted by atomic mass is 32.2. The maximum absolute atomic E-state index is 11.5. The molecule has 1 rings (SSSR count). The van der Waals surface area contributed by atoms with Gasteiger partial charge >= 0.3 is 5.97 Å². The van der Waals surface area contributed by atoms with Crippen molar-refractivity contribution in [2.24, 2.45) is 0 Å². The Hall–Kier alpha value is -1.05. The molecule has 1 unspecified atom stereocenters. The predicted octanol–water partition coefficient (Wildman–Crippen LogP) is 1.55. The first-order valence-electron chi connectivity index (χ1n) is 5.27. The Morgan fingerprint density at radius 3 is 2.39 bits per heavy atom. The minimum absolute atomic E-state index is 0.0609. The number of carboxylic acids is 1. The van der Waals surface area contributed by atoms with Crippen LogP contribution in [0.1, 0.15) is 13.3 Å². The fourth-order valence-corrected chi connectivity index (χ4v) is 3.05. The molecular weight excluding hydrogens is 274 g/mol. The van der Waals surface area contributed by atoms with E-state index in [0.717, 1.165) is 4.90 Å². The summed E-state index contributed by atoms with van der Waals surface area (Å²) >= 11 is 1.40. The Morgan fingerprint density at radius 2 is 1.94 bits per heavy atom. The van der Waals surface area contributed by atoms with Gasteiger partial charge in [-0.2, -0.15) is 0 Å². The number of carboxylic acid groups (broad SMARTS) is 1. The number of carbonyl (C=O) groups is 1. The Balaban J connectivity index is 2.75. The monoisotopic (exact) mass is 289 g/mol. The van der Waals surface area contributed by atoms with Crippen molar-refractivity contribution in [2.45, 2.75) is 28.4 Å². The molecule has 1 aromatic carbocycles. The van der Waals surface area contributed by atoms with Crippen molar-refractivity contribution in [3.8, 4) is 0 Å². The lowest BCUT2D eigenvalue weighted by molar-refractivity contribution is -0.136. The zero-order valence-corrected chi connectivity index (χ0v) is 11.7. The average Bonchev–Trinajstić information content (AvgIpc) is 2.28. The molecular formula is C11H15NO4S2. The number of thioether (sulfide) groups is 1. The van der Waals surface area contributed by atoms with Crippen LogP contribution >= 0.6 is 11.8 Å². The second-order valence-electron chi connectivity index (χ2n) is 3.71. The summed E-state index contributed by atoms with van der Waals surface area (Å²) in [6.45, 7) is 1.82. The van der Waals surface area contributed by atoms with Gasteiger partial charge in [0, 0.05) is 10.1 Å². The molecule has 2 N–H and O–H groups in total. The van der Waals surface area contributed by atoms with Crippen LogP contribution in [0, 0.1) is 0 Å². The third kappa shape index (κ3) is 4.32. The van der Waals surface area contributed by atoms with E-state index in [-0.39, 0.29) is 16.6 Å². The van der Waals surface area contributed by atoms with Gasteiger partial charge in [0.05, 0.1) is 11.3 Å². The fraction of sp³-hybridized carbons (Fsp3) is 0.364. The number of sulfonamides is 1. The van der Waals surface area contributed by atoms with Gasteiger partial charge in [-0.1, -0.05) is 6.92 Å². The summed E-state index contributed by atoms with van der Waals surface area (Å²) in [6, 6.07) is 6.35. The van der Waals surface area contributed by atoms with E-state index in [1.165, 1.54) is 30.9 Å². The van der Waals surface area contributed by atoms with Gasteiger partial charge in [-0.25, -0.2) is 13.1 Å². The van der Waals surface area contributed by atoms with E-state index in [1.54, 1.807) is 12.1 Å². The SMILES string of the molecule is CNS(=O)(=O)c1ccc(SC(C)CC(=O)O)cc1. The van der Waals surface area contributed by atoms with Gasteiger partial charge in [0.25, 0.3) is 0 Å². The molecule has 0 aliphatic heterocycles. The minimum atomic E-state index is -3.42. The van der Waals surface area contributed by atoms with Crippen LogP contribution in [0.3, 0.4) is 0 Å². The molecule has 0 bridgehead atoms. The van der Waals surface area contributed by atoms with Gasteiger partial charge in [-0.05, 0) is 31.3 Å². The molecule has 0 fully saturated rings. The van der Waals surface area contributed by atoms with Crippen molar-refractivity contribution in [3.05, 3.63) is 24.3 Å². The van der Waals surface area contributed by atoms with E-state index in [2.05, 4.69) is 4.72 Å². The predicted molar refractivity (Wildman–Crippen MR) is 70.3 cm³/mol. The highest BCUT2D eigenvalue weighted by molar-refractivity contribution is 8.00. The van der Waals surface area contributed by atoms with Gasteiger partial charge in [-0.15, -0.1) is 11.8 Å². The van der Waals surface area contributed by atoms with E-state index in [1.807, 2.05) is 6.92 Å². The summed E-state index contributed by atoms with van der Waals surface area (Å²) in [4.78, 5) is 11.6. The van der Waals surface area contributed by atoms with Crippen LogP contribution in [0.25, 0.3) is 0 Å². The summed E-state index contributed by atoms with van der Waals surface area (Å²) in [5.74, 6) is -0.843. The molecule has 1 atom stereocenters. The zero-order chi connectivity index (χ0) is 13.8. The van der Waals surface area contributed by atoms with Crippen molar-refractivity contribution in [2.75, 3.05) is 7.05 Å². The summed E-state index contributed by atoms with van der Waals surface area (Å²) in [7, 11) is -2.06. The van der Waals surface area contributed by atoms with Gasteiger partial charge in [0.2, 0.25) is 10.0 Å². The molecule has 0 aromatic heterocycles. The van der Waals surface area contributed by atoms with E-state index < -0.39 is 16.0 Å². The summed E-state index contributed by atoms with van der Waals surface area (Å²) in [6.07, 6.45) is 0.0707. The summed E-state index contributed by atoms with van der Waals surface area (Å²) in [5.41, 5.74) is 0. The third-order valence-corrected chi connectivity index (χ3v) is 4.75. The number of nitrogens with one attached hydrogen (secondary N) is 1. The van der Waals surface area contributed by atoms with E-state index in [9.17, 15) is 13.2 Å². The van der Waals surface area contributed by atoms with Gasteiger partial charge in [-0.3, -0.25) is 4.79 Å². The van der Waals surface area contributed by atoms with E-state index >= 15 is 0 Å². The molecule has 0 aliphatic carbocycles. The highest BCUT2D eigenvalue weighted by Gasteiger charge is 2.12. The lowest BCUT2D eigenvalue weighted by atomic mass is 10.3. The van der Waals surface area contributed by atoms with Crippen molar-refractivity contribution in [1.29, 1.82) is 0 Å². The second-order valence-corrected chi connectivity index (χ2v) is 7.10. The summed E-state index contributed by atoms with van der Waals surface area (Å²) < 4.78 is 25.2. The van der Waals surface area contributed by atoms with E-state index in [0.29, 0.717) is 0 Å². The van der Waals surface area contributed by atoms with Crippen LogP contribution < -0.4 is 4.72 Å². The van der Waals surface area contributed by atoms with Crippen LogP contribution in [0.5, 0.6) is 0 Å². The van der Waals surface area contributed by atoms with Crippen LogP contribution in [0.4, 0.5) is 0 Å². The third-order valence-electron chi connectivity index (χ3n) is 2.20. The molecule has 0 saturated carbocycles. The zero-order valence-electron chi connectivity index (χ0n) is 10.1. The van der Waals surface area contributed by atoms with Crippen molar-refractivity contribution >= 4 is 27.8 Å². The van der Waals surface area contributed by atoms with Gasteiger partial charge in [0.15, 0.2) is 0 Å². The summed E-state index contributed by atoms with van der Waals surface area (Å²) in [5, 5.41) is 8.58. The van der Waals surface area contributed by atoms with Crippen molar-refractivity contribution in [1.82, 2.24) is 4.72 Å². The molecule has 18 heavy (non-hydrogen) atoms. The Bertz CT molecular complexity index is 510.